The molecule has 0 aliphatic heterocycles. The number of carboxylic acids is 2. The lowest BCUT2D eigenvalue weighted by Crippen LogP contribution is -2.66. The van der Waals surface area contributed by atoms with Crippen LogP contribution in [0.1, 0.15) is 66.4 Å². The van der Waals surface area contributed by atoms with Gasteiger partial charge in [-0.25, -0.2) is 15.2 Å². The van der Waals surface area contributed by atoms with Crippen molar-refractivity contribution in [3.63, 3.8) is 0 Å². The first-order valence-corrected chi connectivity index (χ1v) is 12.3. The number of aldehydes is 1. The lowest BCUT2D eigenvalue weighted by Gasteiger charge is -2.42. The lowest BCUT2D eigenvalue weighted by atomic mass is 10.0. The Bertz CT molecular complexity index is 845. The van der Waals surface area contributed by atoms with Crippen LogP contribution in [0.2, 0.25) is 0 Å². The third kappa shape index (κ3) is 10.3. The largest absolute Gasteiger partial charge is 0.480 e. The average molecular weight is 508 g/mol. The van der Waals surface area contributed by atoms with Gasteiger partial charge < -0.3 is 19.7 Å². The van der Waals surface area contributed by atoms with Gasteiger partial charge in [0, 0.05) is 0 Å². The summed E-state index contributed by atoms with van der Waals surface area (Å²) in [5.74, 6) is -2.63. The quantitative estimate of drug-likeness (QED) is 0.224. The summed E-state index contributed by atoms with van der Waals surface area (Å²) in [5, 5.41) is 21.9. The van der Waals surface area contributed by atoms with E-state index in [0.29, 0.717) is 11.8 Å². The SMILES string of the molecule is CC(C)C[C@H](NN([C@@H](CC(C)C)C(=O)O)N(C(=O)OCc1ccccc1)[C@H](C=O)CC(C)C)C(=O)O. The fourth-order valence-corrected chi connectivity index (χ4v) is 3.76. The second-order valence-electron chi connectivity index (χ2n) is 10.2. The van der Waals surface area contributed by atoms with Gasteiger partial charge in [-0.3, -0.25) is 9.59 Å². The molecule has 1 amide bonds. The van der Waals surface area contributed by atoms with Crippen molar-refractivity contribution in [1.29, 1.82) is 0 Å². The summed E-state index contributed by atoms with van der Waals surface area (Å²) in [6.45, 7) is 10.9. The normalized spacial score (nSPS) is 14.1. The van der Waals surface area contributed by atoms with E-state index >= 15 is 0 Å². The van der Waals surface area contributed by atoms with Crippen LogP contribution in [0.5, 0.6) is 0 Å². The first-order valence-electron chi connectivity index (χ1n) is 12.3. The zero-order valence-corrected chi connectivity index (χ0v) is 22.1. The molecule has 0 heterocycles. The van der Waals surface area contributed by atoms with Crippen LogP contribution in [0.3, 0.4) is 0 Å². The summed E-state index contributed by atoms with van der Waals surface area (Å²) in [5.41, 5.74) is 3.46. The number of carboxylic acid groups (broad SMARTS) is 2. The molecule has 0 radical (unpaired) electrons. The van der Waals surface area contributed by atoms with Crippen LogP contribution in [-0.2, 0) is 25.7 Å². The minimum Gasteiger partial charge on any atom is -0.480 e. The Labute approximate surface area is 213 Å². The molecule has 0 spiro atoms. The zero-order valence-electron chi connectivity index (χ0n) is 22.1. The van der Waals surface area contributed by atoms with Gasteiger partial charge >= 0.3 is 18.0 Å². The number of benzene rings is 1. The van der Waals surface area contributed by atoms with Gasteiger partial charge in [0.15, 0.2) is 0 Å². The molecule has 3 N–H and O–H groups in total. The lowest BCUT2D eigenvalue weighted by molar-refractivity contribution is -0.173. The Morgan fingerprint density at radius 3 is 1.89 bits per heavy atom. The molecule has 0 aliphatic carbocycles. The monoisotopic (exact) mass is 507 g/mol. The summed E-state index contributed by atoms with van der Waals surface area (Å²) in [6, 6.07) is 5.30. The summed E-state index contributed by atoms with van der Waals surface area (Å²) >= 11 is 0. The van der Waals surface area contributed by atoms with E-state index in [0.717, 1.165) is 10.1 Å². The maximum Gasteiger partial charge on any atom is 0.426 e. The van der Waals surface area contributed by atoms with E-state index in [-0.39, 0.29) is 43.6 Å². The molecule has 0 saturated carbocycles. The van der Waals surface area contributed by atoms with E-state index in [9.17, 15) is 29.4 Å². The number of hydrazine groups is 2. The van der Waals surface area contributed by atoms with Gasteiger partial charge in [0.1, 0.15) is 31.0 Å². The van der Waals surface area contributed by atoms with E-state index in [4.69, 9.17) is 4.74 Å². The standard InChI is InChI=1S/C26H41N3O7/c1-17(2)12-21(15-30)28(26(35)36-16-20-10-8-7-9-11-20)29(23(25(33)34)14-19(5)6)27-22(24(31)32)13-18(3)4/h7-11,15,17-19,21-23,27H,12-14,16H2,1-6H3,(H,31,32)(H,33,34)/t21-,22-,23-/m0/s1. The highest BCUT2D eigenvalue weighted by molar-refractivity contribution is 5.77. The Hall–Kier alpha value is -2.98. The molecule has 0 unspecified atom stereocenters. The molecule has 0 saturated heterocycles. The average Bonchev–Trinajstić information content (AvgIpc) is 2.79. The van der Waals surface area contributed by atoms with E-state index in [1.165, 1.54) is 0 Å². The van der Waals surface area contributed by atoms with Crippen molar-refractivity contribution in [2.24, 2.45) is 17.8 Å². The number of rotatable bonds is 16. The Balaban J connectivity index is 3.55. The topological polar surface area (TPSA) is 136 Å². The summed E-state index contributed by atoms with van der Waals surface area (Å²) in [7, 11) is 0. The predicted octanol–water partition coefficient (Wildman–Crippen LogP) is 3.96. The fraction of sp³-hybridized carbons (Fsp3) is 0.615. The van der Waals surface area contributed by atoms with Crippen molar-refractivity contribution < 1.29 is 34.1 Å². The molecule has 1 aromatic carbocycles. The molecule has 0 aromatic heterocycles. The molecule has 10 heteroatoms. The summed E-state index contributed by atoms with van der Waals surface area (Å²) in [4.78, 5) is 50.1. The van der Waals surface area contributed by atoms with E-state index in [2.05, 4.69) is 5.43 Å². The van der Waals surface area contributed by atoms with Crippen molar-refractivity contribution in [3.05, 3.63) is 35.9 Å². The number of carbonyl (C=O) groups excluding carboxylic acids is 2. The fourth-order valence-electron chi connectivity index (χ4n) is 3.76. The second-order valence-corrected chi connectivity index (χ2v) is 10.2. The van der Waals surface area contributed by atoms with Gasteiger partial charge in [-0.05, 0) is 42.6 Å². The van der Waals surface area contributed by atoms with Gasteiger partial charge in [0.05, 0.1) is 0 Å². The van der Waals surface area contributed by atoms with Gasteiger partial charge in [-0.15, -0.1) is 5.12 Å². The second kappa shape index (κ2) is 15.2. The minimum atomic E-state index is -1.34. The molecular formula is C26H41N3O7. The van der Waals surface area contributed by atoms with E-state index < -0.39 is 36.2 Å². The molecule has 1 aromatic rings. The third-order valence-corrected chi connectivity index (χ3v) is 5.38. The minimum absolute atomic E-state index is 0.0224. The number of carbonyl (C=O) groups is 4. The van der Waals surface area contributed by atoms with Crippen molar-refractivity contribution in [2.75, 3.05) is 0 Å². The Kier molecular flexibility index (Phi) is 13.1. The number of amides is 1. The smallest absolute Gasteiger partial charge is 0.426 e. The van der Waals surface area contributed by atoms with Crippen LogP contribution in [0.4, 0.5) is 4.79 Å². The number of nitrogens with zero attached hydrogens (tertiary/aromatic N) is 2. The van der Waals surface area contributed by atoms with Gasteiger partial charge in [0.2, 0.25) is 0 Å². The van der Waals surface area contributed by atoms with Crippen LogP contribution in [0, 0.1) is 17.8 Å². The van der Waals surface area contributed by atoms with Gasteiger partial charge in [-0.2, -0.15) is 0 Å². The molecule has 0 aliphatic rings. The predicted molar refractivity (Wildman–Crippen MR) is 135 cm³/mol. The molecule has 3 atom stereocenters. The molecule has 0 fully saturated rings. The number of hydrogen-bond acceptors (Lipinski definition) is 7. The Morgan fingerprint density at radius 2 is 1.44 bits per heavy atom. The van der Waals surface area contributed by atoms with Crippen LogP contribution in [-0.4, -0.2) is 62.8 Å². The molecule has 10 nitrogen and oxygen atoms in total. The van der Waals surface area contributed by atoms with Crippen molar-refractivity contribution in [3.8, 4) is 0 Å². The van der Waals surface area contributed by atoms with Crippen LogP contribution >= 0.6 is 0 Å². The van der Waals surface area contributed by atoms with Crippen molar-refractivity contribution in [1.82, 2.24) is 15.6 Å². The van der Waals surface area contributed by atoms with Gasteiger partial charge in [0.25, 0.3) is 0 Å². The number of nitrogens with one attached hydrogen (secondary N) is 1. The summed E-state index contributed by atoms with van der Waals surface area (Å²) in [6.07, 6.45) is 0.0883. The van der Waals surface area contributed by atoms with Crippen LogP contribution in [0.25, 0.3) is 0 Å². The first-order chi connectivity index (χ1) is 16.9. The van der Waals surface area contributed by atoms with Crippen LogP contribution in [0.15, 0.2) is 30.3 Å². The van der Waals surface area contributed by atoms with Crippen molar-refractivity contribution >= 4 is 24.3 Å². The summed E-state index contributed by atoms with van der Waals surface area (Å²) < 4.78 is 5.50. The maximum absolute atomic E-state index is 13.4. The first kappa shape index (κ1) is 31.1. The van der Waals surface area contributed by atoms with Crippen molar-refractivity contribution in [2.45, 2.75) is 85.5 Å². The number of ether oxygens (including phenoxy) is 1. The highest BCUT2D eigenvalue weighted by atomic mass is 16.6. The third-order valence-electron chi connectivity index (χ3n) is 5.38. The number of hydrogen-bond donors (Lipinski definition) is 3. The molecular weight excluding hydrogens is 466 g/mol. The molecule has 202 valence electrons. The molecule has 1 rings (SSSR count). The highest BCUT2D eigenvalue weighted by Crippen LogP contribution is 2.21. The number of aliphatic carboxylic acids is 2. The van der Waals surface area contributed by atoms with Crippen LogP contribution < -0.4 is 5.43 Å². The maximum atomic E-state index is 13.4. The highest BCUT2D eigenvalue weighted by Gasteiger charge is 2.41. The van der Waals surface area contributed by atoms with E-state index in [1.807, 2.05) is 47.6 Å². The zero-order chi connectivity index (χ0) is 27.4. The Morgan fingerprint density at radius 1 is 0.889 bits per heavy atom. The van der Waals surface area contributed by atoms with Gasteiger partial charge in [-0.1, -0.05) is 71.9 Å². The molecule has 0 bridgehead atoms. The molecule has 36 heavy (non-hydrogen) atoms. The van der Waals surface area contributed by atoms with E-state index in [1.54, 1.807) is 24.3 Å².